The molecule has 0 saturated heterocycles. The molecular weight excluding hydrogens is 225 g/mol. The molecule has 0 amide bonds. The maximum atomic E-state index is 13.2. The zero-order valence-electron chi connectivity index (χ0n) is 6.23. The van der Waals surface area contributed by atoms with E-state index in [4.69, 9.17) is 0 Å². The van der Waals surface area contributed by atoms with E-state index in [1.54, 1.807) is 6.07 Å². The molecule has 0 saturated carbocycles. The number of H-pyrrole nitrogens is 1. The molecule has 62 valence electrons. The lowest BCUT2D eigenvalue weighted by Crippen LogP contribution is -1.84. The van der Waals surface area contributed by atoms with Crippen molar-refractivity contribution in [1.29, 1.82) is 0 Å². The third-order valence-electron chi connectivity index (χ3n) is 1.68. The fourth-order valence-electron chi connectivity index (χ4n) is 1.09. The van der Waals surface area contributed by atoms with Crippen LogP contribution in [0.1, 0.15) is 5.56 Å². The molecule has 2 rings (SSSR count). The molecule has 0 aliphatic heterocycles. The molecule has 1 heterocycles. The summed E-state index contributed by atoms with van der Waals surface area (Å²) in [6.45, 7) is 1.86. The fraction of sp³-hybridized carbons (Fsp3) is 0.143. The smallest absolute Gasteiger partial charge is 0.167 e. The predicted molar refractivity (Wildman–Crippen MR) is 46.3 cm³/mol. The average Bonchev–Trinajstić information content (AvgIpc) is 2.48. The molecule has 0 aliphatic carbocycles. The zero-order valence-corrected chi connectivity index (χ0v) is 7.81. The van der Waals surface area contributed by atoms with E-state index in [9.17, 15) is 4.39 Å². The van der Waals surface area contributed by atoms with Crippen molar-refractivity contribution in [2.45, 2.75) is 6.92 Å². The molecule has 3 nitrogen and oxygen atoms in total. The standard InChI is InChI=1S/C7H5BrFN3/c1-3-2-4(8)5(9)7-6(3)10-12-11-7/h2H,1H3,(H,10,11,12). The summed E-state index contributed by atoms with van der Waals surface area (Å²) in [6, 6.07) is 1.68. The Kier molecular flexibility index (Phi) is 1.61. The van der Waals surface area contributed by atoms with Crippen LogP contribution >= 0.6 is 15.9 Å². The normalized spacial score (nSPS) is 10.9. The van der Waals surface area contributed by atoms with Gasteiger partial charge in [0, 0.05) is 0 Å². The van der Waals surface area contributed by atoms with Crippen molar-refractivity contribution < 1.29 is 4.39 Å². The molecule has 0 spiro atoms. The molecule has 0 bridgehead atoms. The minimum atomic E-state index is -0.371. The van der Waals surface area contributed by atoms with E-state index in [-0.39, 0.29) is 11.3 Å². The number of nitrogens with one attached hydrogen (secondary N) is 1. The van der Waals surface area contributed by atoms with Crippen LogP contribution in [0.2, 0.25) is 0 Å². The van der Waals surface area contributed by atoms with E-state index in [0.717, 1.165) is 5.56 Å². The Morgan fingerprint density at radius 3 is 2.83 bits per heavy atom. The Bertz CT molecular complexity index is 437. The Hall–Kier alpha value is -0.970. The van der Waals surface area contributed by atoms with Crippen LogP contribution in [0.25, 0.3) is 11.0 Å². The van der Waals surface area contributed by atoms with Crippen LogP contribution in [0.15, 0.2) is 10.5 Å². The second kappa shape index (κ2) is 2.52. The van der Waals surface area contributed by atoms with Gasteiger partial charge in [-0.15, -0.1) is 0 Å². The molecule has 2 aromatic rings. The largest absolute Gasteiger partial charge is 0.203 e. The van der Waals surface area contributed by atoms with E-state index >= 15 is 0 Å². The summed E-state index contributed by atoms with van der Waals surface area (Å²) in [5.41, 5.74) is 1.75. The first-order valence-electron chi connectivity index (χ1n) is 3.35. The number of halogens is 2. The van der Waals surface area contributed by atoms with Gasteiger partial charge in [-0.1, -0.05) is 0 Å². The number of fused-ring (bicyclic) bond motifs is 1. The highest BCUT2D eigenvalue weighted by Crippen LogP contribution is 2.24. The highest BCUT2D eigenvalue weighted by molar-refractivity contribution is 9.10. The van der Waals surface area contributed by atoms with Crippen LogP contribution in [0.3, 0.4) is 0 Å². The zero-order chi connectivity index (χ0) is 8.72. The summed E-state index contributed by atoms with van der Waals surface area (Å²) < 4.78 is 13.7. The van der Waals surface area contributed by atoms with Gasteiger partial charge in [-0.3, -0.25) is 0 Å². The molecule has 1 aromatic carbocycles. The minimum absolute atomic E-state index is 0.280. The van der Waals surface area contributed by atoms with Crippen molar-refractivity contribution >= 4 is 27.0 Å². The Morgan fingerprint density at radius 2 is 2.08 bits per heavy atom. The summed E-state index contributed by atoms with van der Waals surface area (Å²) in [5.74, 6) is -0.371. The van der Waals surface area contributed by atoms with E-state index < -0.39 is 0 Å². The number of aromatic nitrogens is 3. The second-order valence-corrected chi connectivity index (χ2v) is 3.36. The maximum Gasteiger partial charge on any atom is 0.167 e. The minimum Gasteiger partial charge on any atom is -0.203 e. The molecule has 1 aromatic heterocycles. The van der Waals surface area contributed by atoms with Gasteiger partial charge in [0.05, 0.1) is 4.47 Å². The second-order valence-electron chi connectivity index (χ2n) is 2.51. The number of hydrogen-bond acceptors (Lipinski definition) is 2. The molecule has 0 fully saturated rings. The first-order chi connectivity index (χ1) is 5.70. The molecule has 0 aliphatic rings. The van der Waals surface area contributed by atoms with E-state index in [1.165, 1.54) is 0 Å². The first-order valence-corrected chi connectivity index (χ1v) is 4.14. The van der Waals surface area contributed by atoms with Gasteiger partial charge < -0.3 is 0 Å². The summed E-state index contributed by atoms with van der Waals surface area (Å²) in [5, 5.41) is 9.91. The highest BCUT2D eigenvalue weighted by atomic mass is 79.9. The van der Waals surface area contributed by atoms with Gasteiger partial charge in [-0.05, 0) is 34.5 Å². The lowest BCUT2D eigenvalue weighted by Gasteiger charge is -1.96. The Labute approximate surface area is 76.1 Å². The average molecular weight is 230 g/mol. The van der Waals surface area contributed by atoms with Gasteiger partial charge in [-0.2, -0.15) is 15.4 Å². The number of benzene rings is 1. The van der Waals surface area contributed by atoms with Crippen molar-refractivity contribution in [2.24, 2.45) is 0 Å². The number of rotatable bonds is 0. The van der Waals surface area contributed by atoms with Crippen LogP contribution in [0.4, 0.5) is 4.39 Å². The summed E-state index contributed by atoms with van der Waals surface area (Å²) >= 11 is 3.10. The highest BCUT2D eigenvalue weighted by Gasteiger charge is 2.10. The summed E-state index contributed by atoms with van der Waals surface area (Å²) in [7, 11) is 0. The lowest BCUT2D eigenvalue weighted by atomic mass is 10.2. The van der Waals surface area contributed by atoms with E-state index in [1.807, 2.05) is 6.92 Å². The van der Waals surface area contributed by atoms with Crippen LogP contribution in [-0.4, -0.2) is 15.4 Å². The van der Waals surface area contributed by atoms with Gasteiger partial charge in [0.1, 0.15) is 11.0 Å². The number of nitrogens with zero attached hydrogens (tertiary/aromatic N) is 2. The summed E-state index contributed by atoms with van der Waals surface area (Å²) in [4.78, 5) is 0. The van der Waals surface area contributed by atoms with Crippen molar-refractivity contribution in [3.8, 4) is 0 Å². The molecule has 1 N–H and O–H groups in total. The van der Waals surface area contributed by atoms with Crippen molar-refractivity contribution in [2.75, 3.05) is 0 Å². The molecular formula is C7H5BrFN3. The first kappa shape index (κ1) is 7.67. The lowest BCUT2D eigenvalue weighted by molar-refractivity contribution is 0.629. The van der Waals surface area contributed by atoms with Gasteiger partial charge in [0.25, 0.3) is 0 Å². The van der Waals surface area contributed by atoms with E-state index in [0.29, 0.717) is 9.99 Å². The van der Waals surface area contributed by atoms with Crippen LogP contribution < -0.4 is 0 Å². The fourth-order valence-corrected chi connectivity index (χ4v) is 1.62. The van der Waals surface area contributed by atoms with Crippen LogP contribution in [0, 0.1) is 12.7 Å². The van der Waals surface area contributed by atoms with Gasteiger partial charge >= 0.3 is 0 Å². The summed E-state index contributed by atoms with van der Waals surface area (Å²) in [6.07, 6.45) is 0. The van der Waals surface area contributed by atoms with Crippen LogP contribution in [0.5, 0.6) is 0 Å². The third-order valence-corrected chi connectivity index (χ3v) is 2.26. The number of hydrogen-bond donors (Lipinski definition) is 1. The monoisotopic (exact) mass is 229 g/mol. The van der Waals surface area contributed by atoms with Crippen LogP contribution in [-0.2, 0) is 0 Å². The Morgan fingerprint density at radius 1 is 1.42 bits per heavy atom. The third kappa shape index (κ3) is 0.929. The van der Waals surface area contributed by atoms with Gasteiger partial charge in [0.15, 0.2) is 5.82 Å². The molecule has 0 unspecified atom stereocenters. The molecule has 12 heavy (non-hydrogen) atoms. The quantitative estimate of drug-likeness (QED) is 0.753. The predicted octanol–water partition coefficient (Wildman–Crippen LogP) is 2.17. The Balaban J connectivity index is 2.97. The van der Waals surface area contributed by atoms with E-state index in [2.05, 4.69) is 31.3 Å². The number of aryl methyl sites for hydroxylation is 1. The molecule has 0 atom stereocenters. The molecule has 5 heteroatoms. The molecule has 0 radical (unpaired) electrons. The SMILES string of the molecule is Cc1cc(Br)c(F)c2n[nH]nc12. The maximum absolute atomic E-state index is 13.2. The van der Waals surface area contributed by atoms with Crippen molar-refractivity contribution in [3.05, 3.63) is 21.9 Å². The van der Waals surface area contributed by atoms with Crippen molar-refractivity contribution in [3.63, 3.8) is 0 Å². The number of aromatic amines is 1. The van der Waals surface area contributed by atoms with Crippen molar-refractivity contribution in [1.82, 2.24) is 15.4 Å². The van der Waals surface area contributed by atoms with Gasteiger partial charge in [0.2, 0.25) is 0 Å². The topological polar surface area (TPSA) is 41.6 Å². The van der Waals surface area contributed by atoms with Gasteiger partial charge in [-0.25, -0.2) is 4.39 Å².